The molecule has 2 heterocycles. The van der Waals surface area contributed by atoms with Gasteiger partial charge in [-0.1, -0.05) is 6.92 Å². The minimum atomic E-state index is -0.0794. The van der Waals surface area contributed by atoms with Crippen LogP contribution in [0.1, 0.15) is 39.1 Å². The summed E-state index contributed by atoms with van der Waals surface area (Å²) in [6, 6.07) is 0. The minimum absolute atomic E-state index is 0.0794. The van der Waals surface area contributed by atoms with Crippen LogP contribution in [-0.4, -0.2) is 48.0 Å². The molecule has 7 nitrogen and oxygen atoms in total. The van der Waals surface area contributed by atoms with Crippen molar-refractivity contribution in [2.24, 2.45) is 4.99 Å². The Hall–Kier alpha value is -2.00. The first-order chi connectivity index (χ1) is 12.6. The van der Waals surface area contributed by atoms with Gasteiger partial charge in [0.15, 0.2) is 5.96 Å². The number of thiazole rings is 2. The highest BCUT2D eigenvalue weighted by Crippen LogP contribution is 2.13. The van der Waals surface area contributed by atoms with Gasteiger partial charge in [0.05, 0.1) is 16.2 Å². The highest BCUT2D eigenvalue weighted by molar-refractivity contribution is 7.12. The number of carbonyl (C=O) groups excluding carboxylic acids is 1. The van der Waals surface area contributed by atoms with Gasteiger partial charge >= 0.3 is 0 Å². The summed E-state index contributed by atoms with van der Waals surface area (Å²) in [5.74, 6) is 0.673. The fourth-order valence-corrected chi connectivity index (χ4v) is 3.76. The van der Waals surface area contributed by atoms with Crippen molar-refractivity contribution >= 4 is 34.5 Å². The summed E-state index contributed by atoms with van der Waals surface area (Å²) in [6.45, 7) is 8.59. The lowest BCUT2D eigenvalue weighted by molar-refractivity contribution is 0.0957. The molecule has 0 fully saturated rings. The predicted molar refractivity (Wildman–Crippen MR) is 108 cm³/mol. The Morgan fingerprint density at radius 2 is 2.00 bits per heavy atom. The number of guanidine groups is 1. The van der Waals surface area contributed by atoms with Crippen LogP contribution in [0.2, 0.25) is 0 Å². The third-order valence-electron chi connectivity index (χ3n) is 3.54. The SMILES string of the molecule is CCNC(=NCCc1ncc(CC)s1)NCCNC(=O)c1scnc1C. The third-order valence-corrected chi connectivity index (χ3v) is 5.67. The van der Waals surface area contributed by atoms with E-state index in [1.54, 1.807) is 16.8 Å². The van der Waals surface area contributed by atoms with Gasteiger partial charge in [0, 0.05) is 43.7 Å². The summed E-state index contributed by atoms with van der Waals surface area (Å²) in [5, 5.41) is 10.5. The van der Waals surface area contributed by atoms with Crippen LogP contribution >= 0.6 is 22.7 Å². The summed E-state index contributed by atoms with van der Waals surface area (Å²) in [4.78, 5) is 27.1. The van der Waals surface area contributed by atoms with Gasteiger partial charge in [0.25, 0.3) is 5.91 Å². The largest absolute Gasteiger partial charge is 0.357 e. The number of aliphatic imine (C=N–C) groups is 1. The molecule has 0 radical (unpaired) electrons. The molecule has 0 saturated heterocycles. The van der Waals surface area contributed by atoms with Gasteiger partial charge in [-0.2, -0.15) is 0 Å². The van der Waals surface area contributed by atoms with Gasteiger partial charge in [-0.25, -0.2) is 9.97 Å². The van der Waals surface area contributed by atoms with E-state index in [1.165, 1.54) is 16.2 Å². The zero-order chi connectivity index (χ0) is 18.8. The molecule has 2 aromatic heterocycles. The molecule has 0 bridgehead atoms. The second-order valence-corrected chi connectivity index (χ2v) is 7.59. The maximum Gasteiger partial charge on any atom is 0.263 e. The van der Waals surface area contributed by atoms with Crippen LogP contribution in [0, 0.1) is 6.92 Å². The van der Waals surface area contributed by atoms with E-state index in [4.69, 9.17) is 0 Å². The topological polar surface area (TPSA) is 91.3 Å². The van der Waals surface area contributed by atoms with Gasteiger partial charge in [0.2, 0.25) is 0 Å². The number of rotatable bonds is 9. The number of amides is 1. The van der Waals surface area contributed by atoms with Crippen LogP contribution in [0.5, 0.6) is 0 Å². The molecule has 2 rings (SSSR count). The summed E-state index contributed by atoms with van der Waals surface area (Å²) < 4.78 is 0. The van der Waals surface area contributed by atoms with Crippen molar-refractivity contribution in [3.05, 3.63) is 32.2 Å². The molecule has 142 valence electrons. The number of aromatic nitrogens is 2. The van der Waals surface area contributed by atoms with Crippen molar-refractivity contribution in [3.8, 4) is 0 Å². The fourth-order valence-electron chi connectivity index (χ4n) is 2.19. The second kappa shape index (κ2) is 10.9. The molecule has 0 spiro atoms. The molecule has 0 aromatic carbocycles. The molecule has 0 aliphatic rings. The Labute approximate surface area is 162 Å². The highest BCUT2D eigenvalue weighted by Gasteiger charge is 2.10. The number of carbonyl (C=O) groups is 1. The van der Waals surface area contributed by atoms with Crippen molar-refractivity contribution in [3.63, 3.8) is 0 Å². The molecule has 9 heteroatoms. The van der Waals surface area contributed by atoms with Crippen molar-refractivity contribution in [2.45, 2.75) is 33.6 Å². The summed E-state index contributed by atoms with van der Waals surface area (Å²) in [5.41, 5.74) is 2.45. The maximum absolute atomic E-state index is 12.0. The van der Waals surface area contributed by atoms with Crippen LogP contribution in [0.15, 0.2) is 16.7 Å². The zero-order valence-electron chi connectivity index (χ0n) is 15.5. The first-order valence-electron chi connectivity index (χ1n) is 8.78. The normalized spacial score (nSPS) is 11.4. The Kier molecular flexibility index (Phi) is 8.49. The van der Waals surface area contributed by atoms with E-state index in [0.29, 0.717) is 24.5 Å². The molecular weight excluding hydrogens is 368 g/mol. The van der Waals surface area contributed by atoms with E-state index in [9.17, 15) is 4.79 Å². The Morgan fingerprint density at radius 1 is 1.19 bits per heavy atom. The van der Waals surface area contributed by atoms with Crippen LogP contribution < -0.4 is 16.0 Å². The smallest absolute Gasteiger partial charge is 0.263 e. The van der Waals surface area contributed by atoms with Crippen molar-refractivity contribution in [1.29, 1.82) is 0 Å². The number of aryl methyl sites for hydroxylation is 2. The molecule has 1 amide bonds. The van der Waals surface area contributed by atoms with Gasteiger partial charge < -0.3 is 16.0 Å². The van der Waals surface area contributed by atoms with Gasteiger partial charge in [-0.3, -0.25) is 9.79 Å². The van der Waals surface area contributed by atoms with E-state index in [-0.39, 0.29) is 5.91 Å². The standard InChI is InChI=1S/C17H26N6OS2/c1-4-13-10-22-14(26-13)6-7-20-17(18-5-2)21-9-8-19-16(24)15-12(3)23-11-25-15/h10-11H,4-9H2,1-3H3,(H,19,24)(H2,18,20,21). The van der Waals surface area contributed by atoms with E-state index < -0.39 is 0 Å². The van der Waals surface area contributed by atoms with Crippen LogP contribution in [0.25, 0.3) is 0 Å². The molecule has 0 saturated carbocycles. The maximum atomic E-state index is 12.0. The van der Waals surface area contributed by atoms with E-state index in [1.807, 2.05) is 20.0 Å². The minimum Gasteiger partial charge on any atom is -0.357 e. The molecule has 2 aromatic rings. The van der Waals surface area contributed by atoms with Crippen LogP contribution in [-0.2, 0) is 12.8 Å². The fraction of sp³-hybridized carbons (Fsp3) is 0.529. The lowest BCUT2D eigenvalue weighted by Gasteiger charge is -2.11. The summed E-state index contributed by atoms with van der Waals surface area (Å²) in [7, 11) is 0. The average molecular weight is 395 g/mol. The van der Waals surface area contributed by atoms with Crippen molar-refractivity contribution in [2.75, 3.05) is 26.2 Å². The van der Waals surface area contributed by atoms with Gasteiger partial charge in [-0.15, -0.1) is 22.7 Å². The van der Waals surface area contributed by atoms with Crippen molar-refractivity contribution < 1.29 is 4.79 Å². The van der Waals surface area contributed by atoms with E-state index in [2.05, 4.69) is 37.8 Å². The molecular formula is C17H26N6OS2. The third kappa shape index (κ3) is 6.38. The van der Waals surface area contributed by atoms with Crippen LogP contribution in [0.3, 0.4) is 0 Å². The lowest BCUT2D eigenvalue weighted by Crippen LogP contribution is -2.41. The molecule has 0 unspecified atom stereocenters. The van der Waals surface area contributed by atoms with Crippen LogP contribution in [0.4, 0.5) is 0 Å². The monoisotopic (exact) mass is 394 g/mol. The highest BCUT2D eigenvalue weighted by atomic mass is 32.1. The first kappa shape index (κ1) is 20.3. The average Bonchev–Trinajstić information content (AvgIpc) is 3.27. The molecule has 0 aliphatic heterocycles. The number of hydrogen-bond acceptors (Lipinski definition) is 6. The molecule has 0 aliphatic carbocycles. The Balaban J connectivity index is 1.72. The summed E-state index contributed by atoms with van der Waals surface area (Å²) in [6.07, 6.45) is 3.81. The number of nitrogens with zero attached hydrogens (tertiary/aromatic N) is 3. The Morgan fingerprint density at radius 3 is 2.65 bits per heavy atom. The van der Waals surface area contributed by atoms with E-state index >= 15 is 0 Å². The number of nitrogens with one attached hydrogen (secondary N) is 3. The molecule has 0 atom stereocenters. The second-order valence-electron chi connectivity index (χ2n) is 5.53. The zero-order valence-corrected chi connectivity index (χ0v) is 17.1. The Bertz CT molecular complexity index is 724. The quantitative estimate of drug-likeness (QED) is 0.344. The van der Waals surface area contributed by atoms with Crippen molar-refractivity contribution in [1.82, 2.24) is 25.9 Å². The van der Waals surface area contributed by atoms with E-state index in [0.717, 1.165) is 36.0 Å². The number of hydrogen-bond donors (Lipinski definition) is 3. The lowest BCUT2D eigenvalue weighted by atomic mass is 10.4. The predicted octanol–water partition coefficient (Wildman–Crippen LogP) is 2.00. The van der Waals surface area contributed by atoms with Gasteiger partial charge in [0.1, 0.15) is 4.88 Å². The first-order valence-corrected chi connectivity index (χ1v) is 10.5. The molecule has 26 heavy (non-hydrogen) atoms. The van der Waals surface area contributed by atoms with Gasteiger partial charge in [-0.05, 0) is 20.3 Å². The summed E-state index contributed by atoms with van der Waals surface area (Å²) >= 11 is 3.11. The molecule has 3 N–H and O–H groups in total.